The molecule has 2 N–H and O–H groups in total. The topological polar surface area (TPSA) is 78.6 Å². The Bertz CT molecular complexity index is 521. The summed E-state index contributed by atoms with van der Waals surface area (Å²) in [4.78, 5) is 0.118. The summed E-state index contributed by atoms with van der Waals surface area (Å²) in [5.74, 6) is 0.435. The van der Waals surface area contributed by atoms with Crippen LogP contribution in [0.1, 0.15) is 12.8 Å². The van der Waals surface area contributed by atoms with Gasteiger partial charge in [-0.2, -0.15) is 0 Å². The van der Waals surface area contributed by atoms with Crippen molar-refractivity contribution < 1.29 is 17.9 Å². The van der Waals surface area contributed by atoms with Crippen molar-refractivity contribution in [2.75, 3.05) is 25.2 Å². The van der Waals surface area contributed by atoms with Gasteiger partial charge in [-0.05, 0) is 12.1 Å². The van der Waals surface area contributed by atoms with E-state index in [-0.39, 0.29) is 16.7 Å². The molecule has 2 rings (SSSR count). The van der Waals surface area contributed by atoms with E-state index in [2.05, 4.69) is 0 Å². The molecule has 18 heavy (non-hydrogen) atoms. The molecule has 100 valence electrons. The highest BCUT2D eigenvalue weighted by Gasteiger charge is 2.19. The summed E-state index contributed by atoms with van der Waals surface area (Å²) in [5, 5.41) is 0. The van der Waals surface area contributed by atoms with Gasteiger partial charge in [0.2, 0.25) is 0 Å². The molecular formula is C12H17NO4S. The summed E-state index contributed by atoms with van der Waals surface area (Å²) in [7, 11) is -3.33. The lowest BCUT2D eigenvalue weighted by Gasteiger charge is -2.24. The molecule has 0 unspecified atom stereocenters. The minimum absolute atomic E-state index is 0.0378. The molecule has 1 aromatic carbocycles. The molecule has 1 heterocycles. The van der Waals surface area contributed by atoms with Crippen LogP contribution in [0, 0.1) is 0 Å². The lowest BCUT2D eigenvalue weighted by atomic mass is 10.1. The maximum atomic E-state index is 11.5. The van der Waals surface area contributed by atoms with Gasteiger partial charge in [0.15, 0.2) is 9.84 Å². The Hall–Kier alpha value is -1.27. The third kappa shape index (κ3) is 2.94. The molecule has 1 aromatic rings. The van der Waals surface area contributed by atoms with Crippen molar-refractivity contribution in [3.05, 3.63) is 18.2 Å². The lowest BCUT2D eigenvalue weighted by Crippen LogP contribution is -2.26. The zero-order valence-corrected chi connectivity index (χ0v) is 11.1. The van der Waals surface area contributed by atoms with Gasteiger partial charge in [0, 0.05) is 19.1 Å². The second-order valence-corrected chi connectivity index (χ2v) is 6.35. The normalized spacial score (nSPS) is 17.6. The molecule has 0 amide bonds. The largest absolute Gasteiger partial charge is 0.488 e. The van der Waals surface area contributed by atoms with E-state index in [0.29, 0.717) is 19.0 Å². The van der Waals surface area contributed by atoms with Crippen LogP contribution in [0.15, 0.2) is 23.1 Å². The van der Waals surface area contributed by atoms with Crippen LogP contribution in [-0.4, -0.2) is 34.0 Å². The van der Waals surface area contributed by atoms with Gasteiger partial charge in [-0.25, -0.2) is 8.42 Å². The Kier molecular flexibility index (Phi) is 3.77. The van der Waals surface area contributed by atoms with E-state index in [9.17, 15) is 8.42 Å². The average molecular weight is 271 g/mol. The molecular weight excluding hydrogens is 254 g/mol. The molecule has 1 aliphatic rings. The summed E-state index contributed by atoms with van der Waals surface area (Å²) in [6.07, 6.45) is 2.76. The molecule has 0 aromatic heterocycles. The van der Waals surface area contributed by atoms with Gasteiger partial charge in [0.1, 0.15) is 11.9 Å². The van der Waals surface area contributed by atoms with Crippen LogP contribution >= 0.6 is 0 Å². The van der Waals surface area contributed by atoms with Crippen molar-refractivity contribution in [2.24, 2.45) is 0 Å². The molecule has 0 aliphatic carbocycles. The highest BCUT2D eigenvalue weighted by molar-refractivity contribution is 7.90. The van der Waals surface area contributed by atoms with E-state index < -0.39 is 9.84 Å². The van der Waals surface area contributed by atoms with Gasteiger partial charge < -0.3 is 15.2 Å². The second-order valence-electron chi connectivity index (χ2n) is 4.37. The van der Waals surface area contributed by atoms with Gasteiger partial charge in [-0.3, -0.25) is 0 Å². The van der Waals surface area contributed by atoms with Crippen LogP contribution in [0.25, 0.3) is 0 Å². The number of anilines is 1. The first-order valence-corrected chi connectivity index (χ1v) is 7.70. The smallest absolute Gasteiger partial charge is 0.177 e. The van der Waals surface area contributed by atoms with Gasteiger partial charge in [-0.1, -0.05) is 6.07 Å². The molecule has 6 heteroatoms. The van der Waals surface area contributed by atoms with E-state index in [1.165, 1.54) is 6.07 Å². The zero-order chi connectivity index (χ0) is 13.2. The van der Waals surface area contributed by atoms with Crippen LogP contribution in [0.5, 0.6) is 5.75 Å². The van der Waals surface area contributed by atoms with Crippen LogP contribution in [0.4, 0.5) is 5.69 Å². The van der Waals surface area contributed by atoms with Crippen molar-refractivity contribution in [1.29, 1.82) is 0 Å². The number of sulfone groups is 1. The number of hydrogen-bond acceptors (Lipinski definition) is 5. The third-order valence-corrected chi connectivity index (χ3v) is 4.04. The average Bonchev–Trinajstić information content (AvgIpc) is 2.32. The number of ether oxygens (including phenoxy) is 2. The fraction of sp³-hybridized carbons (Fsp3) is 0.500. The monoisotopic (exact) mass is 271 g/mol. The zero-order valence-electron chi connectivity index (χ0n) is 10.3. The van der Waals surface area contributed by atoms with Crippen molar-refractivity contribution in [3.8, 4) is 5.75 Å². The molecule has 0 saturated carbocycles. The highest BCUT2D eigenvalue weighted by atomic mass is 32.2. The number of para-hydroxylation sites is 1. The number of nitrogens with two attached hydrogens (primary N) is 1. The first-order valence-electron chi connectivity index (χ1n) is 5.81. The maximum absolute atomic E-state index is 11.5. The predicted molar refractivity (Wildman–Crippen MR) is 68.4 cm³/mol. The molecule has 0 radical (unpaired) electrons. The van der Waals surface area contributed by atoms with E-state index in [4.69, 9.17) is 15.2 Å². The molecule has 1 saturated heterocycles. The van der Waals surface area contributed by atoms with E-state index >= 15 is 0 Å². The second kappa shape index (κ2) is 5.16. The first kappa shape index (κ1) is 13.2. The molecule has 5 nitrogen and oxygen atoms in total. The maximum Gasteiger partial charge on any atom is 0.177 e. The van der Waals surface area contributed by atoms with E-state index in [1.54, 1.807) is 12.1 Å². The van der Waals surface area contributed by atoms with Crippen molar-refractivity contribution in [3.63, 3.8) is 0 Å². The molecule has 1 aliphatic heterocycles. The molecule has 0 atom stereocenters. The minimum atomic E-state index is -3.33. The Morgan fingerprint density at radius 2 is 2.00 bits per heavy atom. The van der Waals surface area contributed by atoms with E-state index in [1.807, 2.05) is 0 Å². The Morgan fingerprint density at radius 1 is 1.33 bits per heavy atom. The van der Waals surface area contributed by atoms with Crippen molar-refractivity contribution >= 4 is 15.5 Å². The molecule has 0 spiro atoms. The summed E-state index contributed by atoms with van der Waals surface area (Å²) in [5.41, 5.74) is 6.04. The number of hydrogen-bond donors (Lipinski definition) is 1. The van der Waals surface area contributed by atoms with Crippen molar-refractivity contribution in [2.45, 2.75) is 23.8 Å². The lowest BCUT2D eigenvalue weighted by molar-refractivity contribution is 0.0258. The first-order chi connectivity index (χ1) is 8.48. The minimum Gasteiger partial charge on any atom is -0.488 e. The Balaban J connectivity index is 2.23. The number of rotatable bonds is 3. The summed E-state index contributed by atoms with van der Waals surface area (Å²) in [6, 6.07) is 4.82. The summed E-state index contributed by atoms with van der Waals surface area (Å²) in [6.45, 7) is 1.33. The standard InChI is InChI=1S/C12H17NO4S/c1-18(14,15)11-4-2-3-10(12(11)13)17-9-5-7-16-8-6-9/h2-4,9H,5-8,13H2,1H3. The fourth-order valence-corrected chi connectivity index (χ4v) is 2.75. The predicted octanol–water partition coefficient (Wildman–Crippen LogP) is 1.23. The SMILES string of the molecule is CS(=O)(=O)c1cccc(OC2CCOCC2)c1N. The highest BCUT2D eigenvalue weighted by Crippen LogP contribution is 2.30. The number of nitrogen functional groups attached to an aromatic ring is 1. The van der Waals surface area contributed by atoms with Crippen LogP contribution in [0.2, 0.25) is 0 Å². The van der Waals surface area contributed by atoms with Crippen LogP contribution in [0.3, 0.4) is 0 Å². The third-order valence-electron chi connectivity index (χ3n) is 2.89. The van der Waals surface area contributed by atoms with Crippen molar-refractivity contribution in [1.82, 2.24) is 0 Å². The summed E-state index contributed by atoms with van der Waals surface area (Å²) >= 11 is 0. The van der Waals surface area contributed by atoms with Gasteiger partial charge in [0.25, 0.3) is 0 Å². The van der Waals surface area contributed by atoms with Gasteiger partial charge in [-0.15, -0.1) is 0 Å². The Morgan fingerprint density at radius 3 is 2.61 bits per heavy atom. The van der Waals surface area contributed by atoms with Crippen LogP contribution in [-0.2, 0) is 14.6 Å². The van der Waals surface area contributed by atoms with Gasteiger partial charge >= 0.3 is 0 Å². The van der Waals surface area contributed by atoms with E-state index in [0.717, 1.165) is 19.1 Å². The van der Waals surface area contributed by atoms with Crippen LogP contribution < -0.4 is 10.5 Å². The Labute approximate surface area is 107 Å². The fourth-order valence-electron chi connectivity index (χ4n) is 1.92. The quantitative estimate of drug-likeness (QED) is 0.836. The number of benzene rings is 1. The molecule has 1 fully saturated rings. The summed E-state index contributed by atoms with van der Waals surface area (Å²) < 4.78 is 34.1. The van der Waals surface area contributed by atoms with Gasteiger partial charge in [0.05, 0.1) is 23.8 Å². The molecule has 0 bridgehead atoms.